The van der Waals surface area contributed by atoms with E-state index in [1.807, 2.05) is 0 Å². The van der Waals surface area contributed by atoms with E-state index in [9.17, 15) is 20.2 Å². The summed E-state index contributed by atoms with van der Waals surface area (Å²) in [6.45, 7) is 1.62. The van der Waals surface area contributed by atoms with Crippen molar-refractivity contribution in [2.24, 2.45) is 4.99 Å². The third-order valence-corrected chi connectivity index (χ3v) is 3.08. The highest BCUT2D eigenvalue weighted by Crippen LogP contribution is 2.31. The summed E-state index contributed by atoms with van der Waals surface area (Å²) in [5.74, 6) is 0.393. The van der Waals surface area contributed by atoms with Crippen molar-refractivity contribution < 1.29 is 9.85 Å². The average molecular weight is 335 g/mol. The monoisotopic (exact) mass is 334 g/mol. The average Bonchev–Trinajstić information content (AvgIpc) is 2.49. The number of nitro groups is 2. The lowest BCUT2D eigenvalue weighted by molar-refractivity contribution is -0.393. The first-order chi connectivity index (χ1) is 10.9. The Morgan fingerprint density at radius 1 is 1.09 bits per heavy atom. The van der Waals surface area contributed by atoms with Gasteiger partial charge in [0.25, 0.3) is 5.69 Å². The molecule has 0 unspecified atom stereocenters. The maximum atomic E-state index is 11.1. The number of nitro benzene ring substituents is 2. The van der Waals surface area contributed by atoms with Crippen LogP contribution in [-0.2, 0) is 0 Å². The fourth-order valence-electron chi connectivity index (χ4n) is 1.82. The smallest absolute Gasteiger partial charge is 0.301 e. The van der Waals surface area contributed by atoms with Crippen molar-refractivity contribution in [1.29, 1.82) is 0 Å². The van der Waals surface area contributed by atoms with Gasteiger partial charge in [0, 0.05) is 16.8 Å². The molecule has 8 nitrogen and oxygen atoms in total. The van der Waals surface area contributed by atoms with Crippen molar-refractivity contribution in [3.8, 4) is 0 Å². The summed E-state index contributed by atoms with van der Waals surface area (Å²) >= 11 is 5.79. The number of aliphatic imine (C=N–C) groups is 1. The number of amidine groups is 1. The minimum absolute atomic E-state index is 0.0274. The molecule has 0 heterocycles. The van der Waals surface area contributed by atoms with Crippen molar-refractivity contribution in [3.63, 3.8) is 0 Å². The second-order valence-corrected chi connectivity index (χ2v) is 4.95. The van der Waals surface area contributed by atoms with Crippen LogP contribution in [0.4, 0.5) is 22.7 Å². The molecule has 2 rings (SSSR count). The first kappa shape index (κ1) is 16.4. The summed E-state index contributed by atoms with van der Waals surface area (Å²) in [5.41, 5.74) is -0.0600. The van der Waals surface area contributed by atoms with E-state index in [1.54, 1.807) is 31.2 Å². The zero-order valence-corrected chi connectivity index (χ0v) is 12.6. The van der Waals surface area contributed by atoms with E-state index >= 15 is 0 Å². The number of anilines is 1. The topological polar surface area (TPSA) is 111 Å². The molecule has 2 aromatic rings. The Hall–Kier alpha value is -3.00. The molecule has 2 aromatic carbocycles. The summed E-state index contributed by atoms with van der Waals surface area (Å²) < 4.78 is 0. The van der Waals surface area contributed by atoms with Crippen molar-refractivity contribution in [3.05, 3.63) is 67.7 Å². The standard InChI is InChI=1S/C14H11ClN4O4/c1-9(16-11-4-2-10(15)3-5-11)17-13-7-6-12(18(20)21)8-14(13)19(22)23/h2-8H,1H3,(H,16,17). The second-order valence-electron chi connectivity index (χ2n) is 4.52. The summed E-state index contributed by atoms with van der Waals surface area (Å²) in [7, 11) is 0. The molecule has 0 fully saturated rings. The number of non-ortho nitro benzene ring substituents is 1. The second kappa shape index (κ2) is 6.84. The van der Waals surface area contributed by atoms with Crippen molar-refractivity contribution in [2.45, 2.75) is 6.92 Å². The van der Waals surface area contributed by atoms with Crippen LogP contribution in [0.25, 0.3) is 0 Å². The van der Waals surface area contributed by atoms with Crippen LogP contribution in [0.5, 0.6) is 0 Å². The maximum Gasteiger partial charge on any atom is 0.301 e. The van der Waals surface area contributed by atoms with Gasteiger partial charge in [0.15, 0.2) is 0 Å². The molecule has 0 saturated heterocycles. The van der Waals surface area contributed by atoms with Gasteiger partial charge in [-0.1, -0.05) is 11.6 Å². The summed E-state index contributed by atoms with van der Waals surface area (Å²) in [5, 5.41) is 25.3. The van der Waals surface area contributed by atoms with E-state index < -0.39 is 15.5 Å². The molecule has 1 N–H and O–H groups in total. The van der Waals surface area contributed by atoms with Gasteiger partial charge in [-0.2, -0.15) is 0 Å². The van der Waals surface area contributed by atoms with E-state index in [0.29, 0.717) is 16.5 Å². The molecule has 0 saturated carbocycles. The Balaban J connectivity index is 2.31. The lowest BCUT2D eigenvalue weighted by Crippen LogP contribution is -2.06. The molecule has 9 heteroatoms. The highest BCUT2D eigenvalue weighted by molar-refractivity contribution is 6.30. The Kier molecular flexibility index (Phi) is 4.87. The van der Waals surface area contributed by atoms with Gasteiger partial charge in [0.2, 0.25) is 0 Å². The fourth-order valence-corrected chi connectivity index (χ4v) is 1.94. The van der Waals surface area contributed by atoms with Crippen LogP contribution in [0.3, 0.4) is 0 Å². The largest absolute Gasteiger partial charge is 0.344 e. The van der Waals surface area contributed by atoms with Crippen LogP contribution in [0.2, 0.25) is 5.02 Å². The predicted molar refractivity (Wildman–Crippen MR) is 87.6 cm³/mol. The molecule has 23 heavy (non-hydrogen) atoms. The molecular formula is C14H11ClN4O4. The van der Waals surface area contributed by atoms with E-state index in [2.05, 4.69) is 10.3 Å². The molecule has 0 aliphatic heterocycles. The summed E-state index contributed by atoms with van der Waals surface area (Å²) in [6.07, 6.45) is 0. The summed E-state index contributed by atoms with van der Waals surface area (Å²) in [4.78, 5) is 24.5. The first-order valence-electron chi connectivity index (χ1n) is 6.37. The van der Waals surface area contributed by atoms with Crippen LogP contribution in [0, 0.1) is 20.2 Å². The molecule has 0 spiro atoms. The van der Waals surface area contributed by atoms with Crippen molar-refractivity contribution >= 4 is 40.2 Å². The van der Waals surface area contributed by atoms with Crippen LogP contribution >= 0.6 is 11.6 Å². The Morgan fingerprint density at radius 2 is 1.74 bits per heavy atom. The number of nitrogens with one attached hydrogen (secondary N) is 1. The zero-order valence-electron chi connectivity index (χ0n) is 11.9. The predicted octanol–water partition coefficient (Wildman–Crippen LogP) is 4.32. The van der Waals surface area contributed by atoms with Gasteiger partial charge in [-0.25, -0.2) is 4.99 Å². The highest BCUT2D eigenvalue weighted by atomic mass is 35.5. The van der Waals surface area contributed by atoms with Gasteiger partial charge in [0.1, 0.15) is 11.5 Å². The zero-order chi connectivity index (χ0) is 17.0. The third kappa shape index (κ3) is 4.24. The maximum absolute atomic E-state index is 11.1. The van der Waals surface area contributed by atoms with Gasteiger partial charge >= 0.3 is 5.69 Å². The van der Waals surface area contributed by atoms with E-state index in [0.717, 1.165) is 6.07 Å². The molecule has 0 aromatic heterocycles. The molecule has 0 radical (unpaired) electrons. The molecule has 0 aliphatic rings. The lowest BCUT2D eigenvalue weighted by atomic mass is 10.2. The molecular weight excluding hydrogens is 324 g/mol. The number of nitrogens with zero attached hydrogens (tertiary/aromatic N) is 3. The Morgan fingerprint density at radius 3 is 2.30 bits per heavy atom. The molecule has 0 amide bonds. The van der Waals surface area contributed by atoms with Crippen LogP contribution in [0.15, 0.2) is 47.5 Å². The van der Waals surface area contributed by atoms with Gasteiger partial charge in [-0.15, -0.1) is 0 Å². The normalized spacial score (nSPS) is 11.1. The highest BCUT2D eigenvalue weighted by Gasteiger charge is 2.19. The first-order valence-corrected chi connectivity index (χ1v) is 6.75. The molecule has 0 aliphatic carbocycles. The van der Waals surface area contributed by atoms with E-state index in [-0.39, 0.29) is 11.4 Å². The molecule has 0 atom stereocenters. The lowest BCUT2D eigenvalue weighted by Gasteiger charge is -2.06. The van der Waals surface area contributed by atoms with Gasteiger partial charge < -0.3 is 5.32 Å². The number of rotatable bonds is 4. The summed E-state index contributed by atoms with van der Waals surface area (Å²) in [6, 6.07) is 10.1. The number of benzene rings is 2. The van der Waals surface area contributed by atoms with Crippen molar-refractivity contribution in [1.82, 2.24) is 0 Å². The number of hydrogen-bond acceptors (Lipinski definition) is 5. The van der Waals surface area contributed by atoms with Gasteiger partial charge in [0.05, 0.1) is 15.9 Å². The number of halogens is 1. The minimum atomic E-state index is -0.707. The number of hydrogen-bond donors (Lipinski definition) is 1. The van der Waals surface area contributed by atoms with E-state index in [1.165, 1.54) is 12.1 Å². The van der Waals surface area contributed by atoms with Gasteiger partial charge in [-0.3, -0.25) is 20.2 Å². The van der Waals surface area contributed by atoms with Crippen molar-refractivity contribution in [2.75, 3.05) is 5.32 Å². The fraction of sp³-hybridized carbons (Fsp3) is 0.0714. The van der Waals surface area contributed by atoms with E-state index in [4.69, 9.17) is 11.6 Å². The SMILES string of the molecule is CC(=Nc1ccc([N+](=O)[O-])cc1[N+](=O)[O-])Nc1ccc(Cl)cc1. The van der Waals surface area contributed by atoms with Crippen LogP contribution in [0.1, 0.15) is 6.92 Å². The third-order valence-electron chi connectivity index (χ3n) is 2.82. The molecule has 118 valence electrons. The molecule has 0 bridgehead atoms. The quantitative estimate of drug-likeness (QED) is 0.387. The van der Waals surface area contributed by atoms with Crippen LogP contribution in [-0.4, -0.2) is 15.7 Å². The minimum Gasteiger partial charge on any atom is -0.344 e. The Labute approximate surface area is 135 Å². The Bertz CT molecular complexity index is 790. The van der Waals surface area contributed by atoms with Crippen LogP contribution < -0.4 is 5.32 Å². The van der Waals surface area contributed by atoms with Gasteiger partial charge in [-0.05, 0) is 37.3 Å².